The first-order valence-electron chi connectivity index (χ1n) is 9.21. The minimum absolute atomic E-state index is 0.0133. The minimum Gasteiger partial charge on any atom is -0.334 e. The van der Waals surface area contributed by atoms with E-state index in [9.17, 15) is 27.6 Å². The Morgan fingerprint density at radius 3 is 2.50 bits per heavy atom. The molecule has 2 atom stereocenters. The van der Waals surface area contributed by atoms with Crippen LogP contribution >= 0.6 is 0 Å². The maximum Gasteiger partial charge on any atom is 0.416 e. The van der Waals surface area contributed by atoms with Gasteiger partial charge >= 0.3 is 12.2 Å². The number of urea groups is 1. The fourth-order valence-corrected chi connectivity index (χ4v) is 4.29. The largest absolute Gasteiger partial charge is 0.416 e. The summed E-state index contributed by atoms with van der Waals surface area (Å²) in [5.74, 6) is -1.18. The maximum atomic E-state index is 12.9. The van der Waals surface area contributed by atoms with Gasteiger partial charge in [-0.1, -0.05) is 13.0 Å². The van der Waals surface area contributed by atoms with Gasteiger partial charge in [-0.05, 0) is 48.4 Å². The van der Waals surface area contributed by atoms with Crippen LogP contribution in [0.15, 0.2) is 18.2 Å². The molecule has 0 radical (unpaired) electrons. The lowest BCUT2D eigenvalue weighted by molar-refractivity contribution is -0.138. The molecular weight excluding hydrogens is 375 g/mol. The summed E-state index contributed by atoms with van der Waals surface area (Å²) < 4.78 is 38.7. The van der Waals surface area contributed by atoms with Gasteiger partial charge in [0.2, 0.25) is 5.91 Å². The lowest BCUT2D eigenvalue weighted by Gasteiger charge is -2.30. The first kappa shape index (κ1) is 18.8. The number of nitrogens with one attached hydrogen (secondary N) is 2. The molecule has 1 saturated carbocycles. The fourth-order valence-electron chi connectivity index (χ4n) is 4.29. The SMILES string of the molecule is CC(C[C@]1(C2CC2)NC(=O)NC1=O)C(=O)N1Cc2ccc(C(F)(F)F)cc2C1. The second kappa shape index (κ2) is 6.22. The summed E-state index contributed by atoms with van der Waals surface area (Å²) in [5.41, 5.74) is -0.620. The molecule has 0 bridgehead atoms. The van der Waals surface area contributed by atoms with Gasteiger partial charge in [0.05, 0.1) is 5.56 Å². The van der Waals surface area contributed by atoms with E-state index < -0.39 is 35.1 Å². The van der Waals surface area contributed by atoms with Gasteiger partial charge in [0, 0.05) is 19.0 Å². The van der Waals surface area contributed by atoms with Crippen molar-refractivity contribution in [3.63, 3.8) is 0 Å². The van der Waals surface area contributed by atoms with Crippen LogP contribution in [-0.4, -0.2) is 28.3 Å². The van der Waals surface area contributed by atoms with Crippen molar-refractivity contribution in [2.24, 2.45) is 11.8 Å². The molecule has 2 heterocycles. The predicted molar refractivity (Wildman–Crippen MR) is 91.6 cm³/mol. The first-order chi connectivity index (χ1) is 13.1. The number of carbonyl (C=O) groups excluding carboxylic acids is 3. The van der Waals surface area contributed by atoms with Crippen molar-refractivity contribution in [1.82, 2.24) is 15.5 Å². The number of rotatable bonds is 4. The summed E-state index contributed by atoms with van der Waals surface area (Å²) >= 11 is 0. The van der Waals surface area contributed by atoms with Gasteiger partial charge in [-0.3, -0.25) is 14.9 Å². The summed E-state index contributed by atoms with van der Waals surface area (Å²) in [6.45, 7) is 2.04. The summed E-state index contributed by atoms with van der Waals surface area (Å²) in [4.78, 5) is 38.4. The van der Waals surface area contributed by atoms with E-state index >= 15 is 0 Å². The average Bonchev–Trinajstić information content (AvgIpc) is 3.31. The monoisotopic (exact) mass is 395 g/mol. The van der Waals surface area contributed by atoms with Crippen LogP contribution in [0.3, 0.4) is 0 Å². The molecule has 3 aliphatic rings. The zero-order valence-corrected chi connectivity index (χ0v) is 15.2. The third kappa shape index (κ3) is 3.12. The van der Waals surface area contributed by atoms with Crippen LogP contribution in [0.1, 0.15) is 42.9 Å². The van der Waals surface area contributed by atoms with Crippen LogP contribution in [0.2, 0.25) is 0 Å². The summed E-state index contributed by atoms with van der Waals surface area (Å²) in [6, 6.07) is 2.97. The maximum absolute atomic E-state index is 12.9. The topological polar surface area (TPSA) is 78.5 Å². The number of hydrogen-bond acceptors (Lipinski definition) is 3. The third-order valence-corrected chi connectivity index (χ3v) is 5.86. The first-order valence-corrected chi connectivity index (χ1v) is 9.21. The zero-order chi connectivity index (χ0) is 20.3. The highest BCUT2D eigenvalue weighted by atomic mass is 19.4. The van der Waals surface area contributed by atoms with Crippen molar-refractivity contribution in [3.05, 3.63) is 34.9 Å². The van der Waals surface area contributed by atoms with Crippen molar-refractivity contribution >= 4 is 17.8 Å². The van der Waals surface area contributed by atoms with Crippen LogP contribution in [0, 0.1) is 11.8 Å². The molecule has 9 heteroatoms. The Kier molecular flexibility index (Phi) is 4.17. The van der Waals surface area contributed by atoms with E-state index in [2.05, 4.69) is 10.6 Å². The number of halogens is 3. The molecule has 1 aliphatic carbocycles. The van der Waals surface area contributed by atoms with Crippen LogP contribution in [0.25, 0.3) is 0 Å². The van der Waals surface area contributed by atoms with Crippen LogP contribution < -0.4 is 10.6 Å². The molecule has 1 saturated heterocycles. The van der Waals surface area contributed by atoms with Gasteiger partial charge in [0.1, 0.15) is 5.54 Å². The Balaban J connectivity index is 1.47. The molecule has 2 aliphatic heterocycles. The van der Waals surface area contributed by atoms with Gasteiger partial charge in [-0.15, -0.1) is 0 Å². The van der Waals surface area contributed by atoms with Crippen LogP contribution in [-0.2, 0) is 28.9 Å². The van der Waals surface area contributed by atoms with Gasteiger partial charge in [0.25, 0.3) is 5.91 Å². The molecule has 0 spiro atoms. The highest BCUT2D eigenvalue weighted by Crippen LogP contribution is 2.45. The molecule has 1 aromatic rings. The van der Waals surface area contributed by atoms with E-state index in [1.807, 2.05) is 0 Å². The standard InChI is InChI=1S/C19H20F3N3O3/c1-10(7-18(13-4-5-13)16(27)23-17(28)24-18)15(26)25-8-11-2-3-14(19(20,21)22)6-12(11)9-25/h2-3,6,10,13H,4-5,7-9H2,1H3,(H2,23,24,27,28)/t10?,18-/m1/s1. The number of benzene rings is 1. The fraction of sp³-hybridized carbons (Fsp3) is 0.526. The van der Waals surface area contributed by atoms with Gasteiger partial charge in [-0.2, -0.15) is 13.2 Å². The molecule has 2 N–H and O–H groups in total. The molecule has 150 valence electrons. The molecule has 4 amide bonds. The second-order valence-electron chi connectivity index (χ2n) is 7.93. The van der Waals surface area contributed by atoms with E-state index in [4.69, 9.17) is 0 Å². The molecule has 4 rings (SSSR count). The van der Waals surface area contributed by atoms with Gasteiger partial charge < -0.3 is 10.2 Å². The Morgan fingerprint density at radius 1 is 1.25 bits per heavy atom. The predicted octanol–water partition coefficient (Wildman–Crippen LogP) is 2.56. The average molecular weight is 395 g/mol. The summed E-state index contributed by atoms with van der Waals surface area (Å²) in [5, 5.41) is 4.96. The minimum atomic E-state index is -4.43. The Bertz CT molecular complexity index is 866. The molecule has 28 heavy (non-hydrogen) atoms. The molecular formula is C19H20F3N3O3. The van der Waals surface area contributed by atoms with E-state index in [1.165, 1.54) is 11.0 Å². The van der Waals surface area contributed by atoms with Crippen molar-refractivity contribution in [3.8, 4) is 0 Å². The van der Waals surface area contributed by atoms with Gasteiger partial charge in [0.15, 0.2) is 0 Å². The zero-order valence-electron chi connectivity index (χ0n) is 15.2. The number of amides is 4. The quantitative estimate of drug-likeness (QED) is 0.770. The van der Waals surface area contributed by atoms with Crippen LogP contribution in [0.5, 0.6) is 0 Å². The van der Waals surface area contributed by atoms with E-state index in [-0.39, 0.29) is 31.3 Å². The molecule has 1 unspecified atom stereocenters. The number of alkyl halides is 3. The molecule has 6 nitrogen and oxygen atoms in total. The van der Waals surface area contributed by atoms with Crippen molar-refractivity contribution in [2.75, 3.05) is 0 Å². The third-order valence-electron chi connectivity index (χ3n) is 5.86. The van der Waals surface area contributed by atoms with Crippen LogP contribution in [0.4, 0.5) is 18.0 Å². The lowest BCUT2D eigenvalue weighted by atomic mass is 9.83. The van der Waals surface area contributed by atoms with Gasteiger partial charge in [-0.25, -0.2) is 4.79 Å². The van der Waals surface area contributed by atoms with Crippen molar-refractivity contribution in [2.45, 2.75) is 51.0 Å². The number of fused-ring (bicyclic) bond motifs is 1. The smallest absolute Gasteiger partial charge is 0.334 e. The number of hydrogen-bond donors (Lipinski definition) is 2. The highest BCUT2D eigenvalue weighted by Gasteiger charge is 2.56. The van der Waals surface area contributed by atoms with E-state index in [0.717, 1.165) is 25.0 Å². The normalized spacial score (nSPS) is 25.4. The Morgan fingerprint density at radius 2 is 1.93 bits per heavy atom. The second-order valence-corrected chi connectivity index (χ2v) is 7.93. The summed E-state index contributed by atoms with van der Waals surface area (Å²) in [6.07, 6.45) is -2.63. The Labute approximate surface area is 159 Å². The molecule has 1 aromatic carbocycles. The number of imide groups is 1. The molecule has 2 fully saturated rings. The van der Waals surface area contributed by atoms with E-state index in [0.29, 0.717) is 11.1 Å². The van der Waals surface area contributed by atoms with E-state index in [1.54, 1.807) is 6.92 Å². The van der Waals surface area contributed by atoms with Crippen molar-refractivity contribution in [1.29, 1.82) is 0 Å². The highest BCUT2D eigenvalue weighted by molar-refractivity contribution is 6.07. The lowest BCUT2D eigenvalue weighted by Crippen LogP contribution is -2.51. The Hall–Kier alpha value is -2.58. The summed E-state index contributed by atoms with van der Waals surface area (Å²) in [7, 11) is 0. The number of carbonyl (C=O) groups is 3. The number of nitrogens with zero attached hydrogens (tertiary/aromatic N) is 1. The molecule has 0 aromatic heterocycles. The van der Waals surface area contributed by atoms with Crippen molar-refractivity contribution < 1.29 is 27.6 Å².